The molecule has 106 valence electrons. The molecule has 0 bridgehead atoms. The molecule has 1 unspecified atom stereocenters. The highest BCUT2D eigenvalue weighted by atomic mass is 15.3. The lowest BCUT2D eigenvalue weighted by atomic mass is 9.93. The van der Waals surface area contributed by atoms with Gasteiger partial charge in [-0.2, -0.15) is 0 Å². The molecule has 2 rings (SSSR count). The van der Waals surface area contributed by atoms with E-state index in [1.807, 2.05) is 0 Å². The summed E-state index contributed by atoms with van der Waals surface area (Å²) in [4.78, 5) is 5.37. The van der Waals surface area contributed by atoms with Crippen molar-refractivity contribution in [1.82, 2.24) is 15.1 Å². The van der Waals surface area contributed by atoms with Gasteiger partial charge in [-0.15, -0.1) is 0 Å². The summed E-state index contributed by atoms with van der Waals surface area (Å²) in [5, 5.41) is 3.45. The Balaban J connectivity index is 1.86. The fourth-order valence-corrected chi connectivity index (χ4v) is 3.55. The molecule has 0 spiro atoms. The van der Waals surface area contributed by atoms with Crippen LogP contribution < -0.4 is 5.32 Å². The minimum absolute atomic E-state index is 0.331. The molecule has 3 heteroatoms. The molecule has 0 aromatic rings. The van der Waals surface area contributed by atoms with Crippen molar-refractivity contribution in [2.75, 3.05) is 45.8 Å². The van der Waals surface area contributed by atoms with Gasteiger partial charge in [0.05, 0.1) is 0 Å². The Morgan fingerprint density at radius 2 is 1.89 bits per heavy atom. The molecule has 0 saturated carbocycles. The van der Waals surface area contributed by atoms with Gasteiger partial charge in [-0.25, -0.2) is 0 Å². The molecule has 0 radical (unpaired) electrons. The van der Waals surface area contributed by atoms with Gasteiger partial charge in [0.2, 0.25) is 0 Å². The maximum atomic E-state index is 3.45. The molecule has 0 aliphatic carbocycles. The molecular formula is C15H31N3. The summed E-state index contributed by atoms with van der Waals surface area (Å²) >= 11 is 0. The Hall–Kier alpha value is -0.120. The number of piperidine rings is 1. The molecule has 0 amide bonds. The third-order valence-corrected chi connectivity index (χ3v) is 4.76. The quantitative estimate of drug-likeness (QED) is 0.824. The largest absolute Gasteiger partial charge is 0.314 e. The van der Waals surface area contributed by atoms with Crippen LogP contribution >= 0.6 is 0 Å². The summed E-state index contributed by atoms with van der Waals surface area (Å²) in [5.74, 6) is 0.942. The fourth-order valence-electron chi connectivity index (χ4n) is 3.55. The van der Waals surface area contributed by atoms with Crippen LogP contribution in [-0.2, 0) is 0 Å². The molecule has 2 fully saturated rings. The van der Waals surface area contributed by atoms with Gasteiger partial charge in [0, 0.05) is 44.8 Å². The average molecular weight is 253 g/mol. The van der Waals surface area contributed by atoms with Gasteiger partial charge in [-0.1, -0.05) is 13.3 Å². The van der Waals surface area contributed by atoms with E-state index in [-0.39, 0.29) is 0 Å². The second-order valence-electron chi connectivity index (χ2n) is 6.70. The summed E-state index contributed by atoms with van der Waals surface area (Å²) in [6.07, 6.45) is 4.20. The van der Waals surface area contributed by atoms with Gasteiger partial charge in [-0.3, -0.25) is 4.90 Å². The van der Waals surface area contributed by atoms with E-state index in [1.54, 1.807) is 0 Å². The van der Waals surface area contributed by atoms with Crippen LogP contribution in [0.4, 0.5) is 0 Å². The first-order valence-corrected chi connectivity index (χ1v) is 7.80. The van der Waals surface area contributed by atoms with Gasteiger partial charge < -0.3 is 10.2 Å². The van der Waals surface area contributed by atoms with Crippen LogP contribution in [0, 0.1) is 5.92 Å². The SMILES string of the molecule is CCC1CCCN(CC(C)(C)N2CCNCC2)C1. The number of rotatable bonds is 4. The van der Waals surface area contributed by atoms with Crippen molar-refractivity contribution in [3.8, 4) is 0 Å². The summed E-state index contributed by atoms with van der Waals surface area (Å²) < 4.78 is 0. The van der Waals surface area contributed by atoms with Crippen LogP contribution in [-0.4, -0.2) is 61.2 Å². The highest BCUT2D eigenvalue weighted by Crippen LogP contribution is 2.23. The lowest BCUT2D eigenvalue weighted by Crippen LogP contribution is -2.58. The lowest BCUT2D eigenvalue weighted by molar-refractivity contribution is 0.0464. The molecule has 2 saturated heterocycles. The third-order valence-electron chi connectivity index (χ3n) is 4.76. The second-order valence-corrected chi connectivity index (χ2v) is 6.70. The fraction of sp³-hybridized carbons (Fsp3) is 1.00. The van der Waals surface area contributed by atoms with Gasteiger partial charge in [0.15, 0.2) is 0 Å². The Labute approximate surface area is 113 Å². The molecule has 0 aromatic carbocycles. The van der Waals surface area contributed by atoms with E-state index in [9.17, 15) is 0 Å². The normalized spacial score (nSPS) is 28.5. The molecule has 18 heavy (non-hydrogen) atoms. The number of hydrogen-bond donors (Lipinski definition) is 1. The van der Waals surface area contributed by atoms with E-state index in [2.05, 4.69) is 35.9 Å². The van der Waals surface area contributed by atoms with Crippen LogP contribution in [0.2, 0.25) is 0 Å². The van der Waals surface area contributed by atoms with Crippen LogP contribution in [0.3, 0.4) is 0 Å². The Bertz CT molecular complexity index is 246. The second kappa shape index (κ2) is 6.36. The predicted octanol–water partition coefficient (Wildman–Crippen LogP) is 1.79. The Morgan fingerprint density at radius 1 is 1.17 bits per heavy atom. The first-order valence-electron chi connectivity index (χ1n) is 7.80. The van der Waals surface area contributed by atoms with Crippen LogP contribution in [0.15, 0.2) is 0 Å². The molecule has 2 aliphatic heterocycles. The summed E-state index contributed by atoms with van der Waals surface area (Å²) in [6.45, 7) is 15.8. The number of nitrogens with one attached hydrogen (secondary N) is 1. The number of piperazine rings is 1. The molecule has 3 nitrogen and oxygen atoms in total. The first-order chi connectivity index (χ1) is 8.62. The Kier molecular flexibility index (Phi) is 5.05. The monoisotopic (exact) mass is 253 g/mol. The van der Waals surface area contributed by atoms with Crippen molar-refractivity contribution in [3.05, 3.63) is 0 Å². The first kappa shape index (κ1) is 14.3. The summed E-state index contributed by atoms with van der Waals surface area (Å²) in [6, 6.07) is 0. The molecular weight excluding hydrogens is 222 g/mol. The van der Waals surface area contributed by atoms with Gasteiger partial charge in [0.25, 0.3) is 0 Å². The zero-order valence-corrected chi connectivity index (χ0v) is 12.5. The zero-order chi connectivity index (χ0) is 13.0. The van der Waals surface area contributed by atoms with Crippen molar-refractivity contribution in [1.29, 1.82) is 0 Å². The van der Waals surface area contributed by atoms with Gasteiger partial charge >= 0.3 is 0 Å². The maximum Gasteiger partial charge on any atom is 0.0281 e. The van der Waals surface area contributed by atoms with E-state index in [4.69, 9.17) is 0 Å². The van der Waals surface area contributed by atoms with Gasteiger partial charge in [-0.05, 0) is 39.2 Å². The topological polar surface area (TPSA) is 18.5 Å². The summed E-state index contributed by atoms with van der Waals surface area (Å²) in [5.41, 5.74) is 0.331. The van der Waals surface area contributed by atoms with Crippen molar-refractivity contribution in [3.63, 3.8) is 0 Å². The van der Waals surface area contributed by atoms with Gasteiger partial charge in [0.1, 0.15) is 0 Å². The zero-order valence-electron chi connectivity index (χ0n) is 12.5. The number of likely N-dealkylation sites (tertiary alicyclic amines) is 1. The van der Waals surface area contributed by atoms with E-state index in [0.29, 0.717) is 5.54 Å². The van der Waals surface area contributed by atoms with E-state index in [1.165, 1.54) is 52.0 Å². The minimum Gasteiger partial charge on any atom is -0.314 e. The minimum atomic E-state index is 0.331. The molecule has 0 aromatic heterocycles. The Morgan fingerprint density at radius 3 is 2.56 bits per heavy atom. The number of nitrogens with zero attached hydrogens (tertiary/aromatic N) is 2. The molecule has 2 heterocycles. The van der Waals surface area contributed by atoms with Crippen LogP contribution in [0.1, 0.15) is 40.0 Å². The van der Waals surface area contributed by atoms with E-state index >= 15 is 0 Å². The number of hydrogen-bond acceptors (Lipinski definition) is 3. The molecule has 1 N–H and O–H groups in total. The standard InChI is InChI=1S/C15H31N3/c1-4-14-6-5-9-17(12-14)13-15(2,3)18-10-7-16-8-11-18/h14,16H,4-13H2,1-3H3. The lowest BCUT2D eigenvalue weighted by Gasteiger charge is -2.45. The van der Waals surface area contributed by atoms with E-state index < -0.39 is 0 Å². The van der Waals surface area contributed by atoms with E-state index in [0.717, 1.165) is 19.0 Å². The van der Waals surface area contributed by atoms with Crippen LogP contribution in [0.25, 0.3) is 0 Å². The maximum absolute atomic E-state index is 3.45. The third kappa shape index (κ3) is 3.69. The van der Waals surface area contributed by atoms with Crippen molar-refractivity contribution in [2.45, 2.75) is 45.6 Å². The van der Waals surface area contributed by atoms with Crippen molar-refractivity contribution in [2.24, 2.45) is 5.92 Å². The molecule has 2 aliphatic rings. The highest BCUT2D eigenvalue weighted by Gasteiger charge is 2.31. The van der Waals surface area contributed by atoms with Crippen molar-refractivity contribution < 1.29 is 0 Å². The van der Waals surface area contributed by atoms with Crippen LogP contribution in [0.5, 0.6) is 0 Å². The highest BCUT2D eigenvalue weighted by molar-refractivity contribution is 4.89. The average Bonchev–Trinajstić information content (AvgIpc) is 2.39. The summed E-state index contributed by atoms with van der Waals surface area (Å²) in [7, 11) is 0. The predicted molar refractivity (Wildman–Crippen MR) is 78.0 cm³/mol. The smallest absolute Gasteiger partial charge is 0.0281 e. The van der Waals surface area contributed by atoms with Crippen molar-refractivity contribution >= 4 is 0 Å². The molecule has 1 atom stereocenters.